The van der Waals surface area contributed by atoms with Crippen LogP contribution >= 0.6 is 0 Å². The number of hydrogen-bond donors (Lipinski definition) is 0. The predicted molar refractivity (Wildman–Crippen MR) is 50.1 cm³/mol. The second-order valence-corrected chi connectivity index (χ2v) is 3.23. The van der Waals surface area contributed by atoms with Gasteiger partial charge in [0, 0.05) is 6.42 Å². The maximum Gasteiger partial charge on any atom is 0.316 e. The van der Waals surface area contributed by atoms with Gasteiger partial charge in [0.25, 0.3) is 0 Å². The first kappa shape index (κ1) is 12.1. The molecule has 0 rings (SSSR count). The highest BCUT2D eigenvalue weighted by molar-refractivity contribution is 5.86. The van der Waals surface area contributed by atoms with Crippen molar-refractivity contribution >= 4 is 11.9 Å². The summed E-state index contributed by atoms with van der Waals surface area (Å²) in [4.78, 5) is 22.1. The van der Waals surface area contributed by atoms with Crippen LogP contribution in [0.4, 0.5) is 0 Å². The van der Waals surface area contributed by atoms with Crippen LogP contribution in [0.1, 0.15) is 46.5 Å². The van der Waals surface area contributed by atoms with Crippen molar-refractivity contribution in [3.05, 3.63) is 0 Å². The molecule has 1 unspecified atom stereocenters. The summed E-state index contributed by atoms with van der Waals surface area (Å²) in [7, 11) is 0. The molecule has 0 N–H and O–H groups in total. The van der Waals surface area contributed by atoms with Crippen molar-refractivity contribution in [2.75, 3.05) is 0 Å². The lowest BCUT2D eigenvalue weighted by Gasteiger charge is -2.07. The fourth-order valence-electron chi connectivity index (χ4n) is 1.02. The molecule has 0 saturated heterocycles. The molecule has 0 fully saturated rings. The van der Waals surface area contributed by atoms with E-state index in [0.717, 1.165) is 12.8 Å². The average Bonchev–Trinajstić information content (AvgIpc) is 2.05. The van der Waals surface area contributed by atoms with Crippen molar-refractivity contribution in [3.63, 3.8) is 0 Å². The average molecular weight is 186 g/mol. The maximum atomic E-state index is 11.2. The Hall–Kier alpha value is -0.860. The van der Waals surface area contributed by atoms with Gasteiger partial charge in [-0.15, -0.1) is 0 Å². The van der Waals surface area contributed by atoms with Crippen molar-refractivity contribution in [1.29, 1.82) is 0 Å². The highest BCUT2D eigenvalue weighted by atomic mass is 16.6. The molecule has 0 spiro atoms. The van der Waals surface area contributed by atoms with Crippen LogP contribution < -0.4 is 0 Å². The van der Waals surface area contributed by atoms with E-state index in [1.165, 1.54) is 0 Å². The van der Waals surface area contributed by atoms with Gasteiger partial charge in [-0.3, -0.25) is 9.59 Å². The first-order valence-corrected chi connectivity index (χ1v) is 4.86. The number of rotatable bonds is 5. The molecular weight excluding hydrogens is 168 g/mol. The predicted octanol–water partition coefficient (Wildman–Crippen LogP) is 2.29. The normalized spacial score (nSPS) is 12.2. The molecular formula is C10H18O3. The molecule has 0 aromatic carbocycles. The Kier molecular flexibility index (Phi) is 6.20. The smallest absolute Gasteiger partial charge is 0.316 e. The summed E-state index contributed by atoms with van der Waals surface area (Å²) in [6.07, 6.45) is 2.75. The molecule has 0 saturated carbocycles. The van der Waals surface area contributed by atoms with Crippen molar-refractivity contribution in [3.8, 4) is 0 Å². The Balaban J connectivity index is 3.78. The largest absolute Gasteiger partial charge is 0.393 e. The molecule has 3 nitrogen and oxygen atoms in total. The fourth-order valence-corrected chi connectivity index (χ4v) is 1.02. The molecule has 76 valence electrons. The van der Waals surface area contributed by atoms with Gasteiger partial charge in [0.15, 0.2) is 0 Å². The Morgan fingerprint density at radius 2 is 1.85 bits per heavy atom. The van der Waals surface area contributed by atoms with E-state index in [9.17, 15) is 9.59 Å². The standard InChI is InChI=1S/C10H18O3/c1-4-6-8(3)10(12)13-9(11)7-5-2/h8H,4-7H2,1-3H3. The summed E-state index contributed by atoms with van der Waals surface area (Å²) in [5.41, 5.74) is 0. The zero-order valence-electron chi connectivity index (χ0n) is 8.63. The molecule has 3 heteroatoms. The van der Waals surface area contributed by atoms with E-state index in [2.05, 4.69) is 4.74 Å². The van der Waals surface area contributed by atoms with Crippen molar-refractivity contribution < 1.29 is 14.3 Å². The maximum absolute atomic E-state index is 11.2. The Morgan fingerprint density at radius 3 is 2.31 bits per heavy atom. The van der Waals surface area contributed by atoms with Gasteiger partial charge in [-0.1, -0.05) is 27.2 Å². The van der Waals surface area contributed by atoms with Gasteiger partial charge < -0.3 is 4.74 Å². The van der Waals surface area contributed by atoms with E-state index in [-0.39, 0.29) is 11.9 Å². The van der Waals surface area contributed by atoms with Gasteiger partial charge >= 0.3 is 11.9 Å². The zero-order chi connectivity index (χ0) is 10.3. The van der Waals surface area contributed by atoms with E-state index in [1.807, 2.05) is 13.8 Å². The fraction of sp³-hybridized carbons (Fsp3) is 0.800. The molecule has 0 radical (unpaired) electrons. The minimum absolute atomic E-state index is 0.161. The number of esters is 2. The van der Waals surface area contributed by atoms with E-state index in [4.69, 9.17) is 0 Å². The zero-order valence-corrected chi connectivity index (χ0v) is 8.63. The molecule has 0 aliphatic carbocycles. The van der Waals surface area contributed by atoms with Crippen molar-refractivity contribution in [2.24, 2.45) is 5.92 Å². The van der Waals surface area contributed by atoms with Crippen LogP contribution in [0.15, 0.2) is 0 Å². The first-order chi connectivity index (χ1) is 6.11. The lowest BCUT2D eigenvalue weighted by Crippen LogP contribution is -2.18. The van der Waals surface area contributed by atoms with Gasteiger partial charge in [0.1, 0.15) is 0 Å². The molecule has 13 heavy (non-hydrogen) atoms. The van der Waals surface area contributed by atoms with Crippen LogP contribution in [-0.4, -0.2) is 11.9 Å². The summed E-state index contributed by atoms with van der Waals surface area (Å²) < 4.78 is 4.63. The molecule has 0 heterocycles. The monoisotopic (exact) mass is 186 g/mol. The Bertz CT molecular complexity index is 175. The highest BCUT2D eigenvalue weighted by Crippen LogP contribution is 2.07. The van der Waals surface area contributed by atoms with Crippen LogP contribution in [-0.2, 0) is 14.3 Å². The van der Waals surface area contributed by atoms with Crippen LogP contribution in [0.25, 0.3) is 0 Å². The lowest BCUT2D eigenvalue weighted by atomic mass is 10.1. The Labute approximate surface area is 79.5 Å². The summed E-state index contributed by atoms with van der Waals surface area (Å²) >= 11 is 0. The van der Waals surface area contributed by atoms with Gasteiger partial charge in [0.05, 0.1) is 5.92 Å². The topological polar surface area (TPSA) is 43.4 Å². The second-order valence-electron chi connectivity index (χ2n) is 3.23. The second kappa shape index (κ2) is 6.63. The van der Waals surface area contributed by atoms with Gasteiger partial charge in [-0.2, -0.15) is 0 Å². The summed E-state index contributed by atoms with van der Waals surface area (Å²) in [5, 5.41) is 0. The third-order valence-electron chi connectivity index (χ3n) is 1.79. The molecule has 1 atom stereocenters. The highest BCUT2D eigenvalue weighted by Gasteiger charge is 2.16. The third kappa shape index (κ3) is 5.39. The van der Waals surface area contributed by atoms with Gasteiger partial charge in [-0.05, 0) is 12.8 Å². The van der Waals surface area contributed by atoms with Crippen molar-refractivity contribution in [2.45, 2.75) is 46.5 Å². The summed E-state index contributed by atoms with van der Waals surface area (Å²) in [5.74, 6) is -0.957. The molecule has 0 aromatic rings. The molecule has 0 aromatic heterocycles. The number of hydrogen-bond acceptors (Lipinski definition) is 3. The molecule has 0 aliphatic heterocycles. The minimum Gasteiger partial charge on any atom is -0.393 e. The minimum atomic E-state index is -0.407. The summed E-state index contributed by atoms with van der Waals surface area (Å²) in [6, 6.07) is 0. The van der Waals surface area contributed by atoms with E-state index in [0.29, 0.717) is 12.8 Å². The number of carbonyl (C=O) groups excluding carboxylic acids is 2. The number of ether oxygens (including phenoxy) is 1. The summed E-state index contributed by atoms with van der Waals surface area (Å²) in [6.45, 7) is 5.66. The SMILES string of the molecule is CCCC(=O)OC(=O)C(C)CCC. The van der Waals surface area contributed by atoms with E-state index >= 15 is 0 Å². The quantitative estimate of drug-likeness (QED) is 0.488. The van der Waals surface area contributed by atoms with Gasteiger partial charge in [0.2, 0.25) is 0 Å². The van der Waals surface area contributed by atoms with Crippen LogP contribution in [0.2, 0.25) is 0 Å². The molecule has 0 amide bonds. The van der Waals surface area contributed by atoms with Crippen LogP contribution in [0.3, 0.4) is 0 Å². The first-order valence-electron chi connectivity index (χ1n) is 4.86. The third-order valence-corrected chi connectivity index (χ3v) is 1.79. The molecule has 0 aliphatic rings. The van der Waals surface area contributed by atoms with E-state index < -0.39 is 5.97 Å². The van der Waals surface area contributed by atoms with Crippen LogP contribution in [0.5, 0.6) is 0 Å². The molecule has 0 bridgehead atoms. The van der Waals surface area contributed by atoms with E-state index in [1.54, 1.807) is 6.92 Å². The number of carbonyl (C=O) groups is 2. The lowest BCUT2D eigenvalue weighted by molar-refractivity contribution is -0.162. The Morgan fingerprint density at radius 1 is 1.23 bits per heavy atom. The van der Waals surface area contributed by atoms with Gasteiger partial charge in [-0.25, -0.2) is 0 Å². The van der Waals surface area contributed by atoms with Crippen molar-refractivity contribution in [1.82, 2.24) is 0 Å². The van der Waals surface area contributed by atoms with Crippen LogP contribution in [0, 0.1) is 5.92 Å².